The van der Waals surface area contributed by atoms with Crippen LogP contribution in [0.4, 0.5) is 17.6 Å². The molecule has 1 aromatic carbocycles. The monoisotopic (exact) mass is 269 g/mol. The van der Waals surface area contributed by atoms with E-state index in [0.717, 1.165) is 18.9 Å². The maximum absolute atomic E-state index is 13.6. The molecule has 1 aliphatic carbocycles. The quantitative estimate of drug-likeness (QED) is 0.815. The van der Waals surface area contributed by atoms with Crippen molar-refractivity contribution in [2.45, 2.75) is 25.1 Å². The minimum atomic E-state index is -4.66. The molecular formula is C11H12ClF4N. The van der Waals surface area contributed by atoms with Crippen molar-refractivity contribution in [1.29, 1.82) is 0 Å². The summed E-state index contributed by atoms with van der Waals surface area (Å²) in [5.41, 5.74) is 4.44. The van der Waals surface area contributed by atoms with Gasteiger partial charge in [-0.15, -0.1) is 12.4 Å². The first kappa shape index (κ1) is 14.3. The first-order valence-electron chi connectivity index (χ1n) is 5.02. The number of alkyl halides is 3. The van der Waals surface area contributed by atoms with Crippen LogP contribution in [0.5, 0.6) is 0 Å². The fourth-order valence-electron chi connectivity index (χ4n) is 1.74. The molecule has 2 rings (SSSR count). The molecular weight excluding hydrogens is 258 g/mol. The second-order valence-corrected chi connectivity index (χ2v) is 4.07. The number of hydrogen-bond acceptors (Lipinski definition) is 1. The third-order valence-electron chi connectivity index (χ3n) is 2.82. The van der Waals surface area contributed by atoms with Gasteiger partial charge in [-0.3, -0.25) is 0 Å². The minimum Gasteiger partial charge on any atom is -0.324 e. The molecule has 17 heavy (non-hydrogen) atoms. The van der Waals surface area contributed by atoms with Crippen LogP contribution < -0.4 is 5.73 Å². The Hall–Kier alpha value is -0.810. The van der Waals surface area contributed by atoms with E-state index in [1.807, 2.05) is 0 Å². The average Bonchev–Trinajstić information content (AvgIpc) is 2.98. The van der Waals surface area contributed by atoms with Gasteiger partial charge in [0.1, 0.15) is 5.82 Å². The predicted octanol–water partition coefficient (Wildman–Crippen LogP) is 3.68. The van der Waals surface area contributed by atoms with Gasteiger partial charge in [-0.05, 0) is 24.8 Å². The van der Waals surface area contributed by atoms with Crippen LogP contribution in [0.25, 0.3) is 0 Å². The van der Waals surface area contributed by atoms with Gasteiger partial charge in [0.05, 0.1) is 5.56 Å². The number of nitrogens with two attached hydrogens (primary N) is 1. The highest BCUT2D eigenvalue weighted by atomic mass is 35.5. The van der Waals surface area contributed by atoms with Gasteiger partial charge < -0.3 is 5.73 Å². The average molecular weight is 270 g/mol. The summed E-state index contributed by atoms with van der Waals surface area (Å²) < 4.78 is 50.9. The van der Waals surface area contributed by atoms with Crippen LogP contribution in [0.15, 0.2) is 18.2 Å². The lowest BCUT2D eigenvalue weighted by Gasteiger charge is -2.15. The second-order valence-electron chi connectivity index (χ2n) is 4.07. The minimum absolute atomic E-state index is 0. The van der Waals surface area contributed by atoms with Crippen molar-refractivity contribution >= 4 is 12.4 Å². The van der Waals surface area contributed by atoms with Crippen LogP contribution in [0.2, 0.25) is 0 Å². The fourth-order valence-corrected chi connectivity index (χ4v) is 1.74. The molecule has 0 spiro atoms. The molecule has 0 bridgehead atoms. The first-order chi connectivity index (χ1) is 7.41. The topological polar surface area (TPSA) is 26.0 Å². The molecule has 0 amide bonds. The third kappa shape index (κ3) is 2.90. The van der Waals surface area contributed by atoms with E-state index in [1.54, 1.807) is 0 Å². The molecule has 0 heterocycles. The molecule has 0 saturated heterocycles. The van der Waals surface area contributed by atoms with E-state index in [1.165, 1.54) is 12.1 Å². The summed E-state index contributed by atoms with van der Waals surface area (Å²) in [5.74, 6) is -1.10. The van der Waals surface area contributed by atoms with Gasteiger partial charge in [0.15, 0.2) is 0 Å². The predicted molar refractivity (Wildman–Crippen MR) is 58.3 cm³/mol. The van der Waals surface area contributed by atoms with E-state index in [9.17, 15) is 17.6 Å². The summed E-state index contributed by atoms with van der Waals surface area (Å²) in [6, 6.07) is 2.64. The molecule has 1 aliphatic rings. The molecule has 6 heteroatoms. The van der Waals surface area contributed by atoms with Gasteiger partial charge >= 0.3 is 6.18 Å². The van der Waals surface area contributed by atoms with Gasteiger partial charge in [-0.1, -0.05) is 12.1 Å². The van der Waals surface area contributed by atoms with Gasteiger partial charge in [0, 0.05) is 11.6 Å². The van der Waals surface area contributed by atoms with Crippen LogP contribution in [0.1, 0.15) is 30.0 Å². The maximum atomic E-state index is 13.6. The third-order valence-corrected chi connectivity index (χ3v) is 2.82. The van der Waals surface area contributed by atoms with Crippen LogP contribution in [0.3, 0.4) is 0 Å². The van der Waals surface area contributed by atoms with Crippen molar-refractivity contribution in [2.24, 2.45) is 11.7 Å². The highest BCUT2D eigenvalue weighted by Crippen LogP contribution is 2.42. The second kappa shape index (κ2) is 4.82. The summed E-state index contributed by atoms with van der Waals surface area (Å²) >= 11 is 0. The summed E-state index contributed by atoms with van der Waals surface area (Å²) in [6.45, 7) is 0. The van der Waals surface area contributed by atoms with E-state index in [2.05, 4.69) is 0 Å². The first-order valence-corrected chi connectivity index (χ1v) is 5.02. The molecule has 1 saturated carbocycles. The zero-order valence-electron chi connectivity index (χ0n) is 8.80. The molecule has 2 N–H and O–H groups in total. The molecule has 96 valence electrons. The molecule has 1 aromatic rings. The molecule has 1 atom stereocenters. The Balaban J connectivity index is 0.00000144. The van der Waals surface area contributed by atoms with Crippen molar-refractivity contribution in [1.82, 2.24) is 0 Å². The van der Waals surface area contributed by atoms with Crippen LogP contribution >= 0.6 is 12.4 Å². The SMILES string of the molecule is Cl.N[C@H](c1cccc(C(F)(F)F)c1F)C1CC1. The largest absolute Gasteiger partial charge is 0.419 e. The van der Waals surface area contributed by atoms with E-state index in [4.69, 9.17) is 5.73 Å². The molecule has 0 radical (unpaired) electrons. The molecule has 1 fully saturated rings. The zero-order valence-corrected chi connectivity index (χ0v) is 9.61. The van der Waals surface area contributed by atoms with E-state index < -0.39 is 23.6 Å². The van der Waals surface area contributed by atoms with E-state index in [0.29, 0.717) is 0 Å². The maximum Gasteiger partial charge on any atom is 0.419 e. The number of halogens is 5. The highest BCUT2D eigenvalue weighted by Gasteiger charge is 2.37. The number of hydrogen-bond donors (Lipinski definition) is 1. The Bertz CT molecular complexity index is 401. The van der Waals surface area contributed by atoms with Crippen molar-refractivity contribution in [3.05, 3.63) is 35.1 Å². The lowest BCUT2D eigenvalue weighted by molar-refractivity contribution is -0.140. The van der Waals surface area contributed by atoms with Gasteiger partial charge in [-0.25, -0.2) is 4.39 Å². The molecule has 0 aliphatic heterocycles. The Labute approximate surface area is 102 Å². The van der Waals surface area contributed by atoms with Crippen molar-refractivity contribution in [3.63, 3.8) is 0 Å². The number of rotatable bonds is 2. The van der Waals surface area contributed by atoms with Crippen LogP contribution in [0, 0.1) is 11.7 Å². The summed E-state index contributed by atoms with van der Waals surface area (Å²) in [6.07, 6.45) is -2.95. The smallest absolute Gasteiger partial charge is 0.324 e. The lowest BCUT2D eigenvalue weighted by Crippen LogP contribution is -2.17. The Morgan fingerprint density at radius 1 is 1.24 bits per heavy atom. The van der Waals surface area contributed by atoms with E-state index >= 15 is 0 Å². The van der Waals surface area contributed by atoms with Gasteiger partial charge in [-0.2, -0.15) is 13.2 Å². The van der Waals surface area contributed by atoms with Gasteiger partial charge in [0.2, 0.25) is 0 Å². The van der Waals surface area contributed by atoms with Crippen LogP contribution in [-0.2, 0) is 6.18 Å². The Morgan fingerprint density at radius 3 is 2.29 bits per heavy atom. The van der Waals surface area contributed by atoms with E-state index in [-0.39, 0.29) is 23.9 Å². The van der Waals surface area contributed by atoms with Crippen molar-refractivity contribution in [3.8, 4) is 0 Å². The van der Waals surface area contributed by atoms with Crippen molar-refractivity contribution in [2.75, 3.05) is 0 Å². The standard InChI is InChI=1S/C11H11F4N.ClH/c12-9-7(10(16)6-4-5-6)2-1-3-8(9)11(13,14)15;/h1-3,6,10H,4-5,16H2;1H/t10-;/m0./s1. The Kier molecular flexibility index (Phi) is 4.04. The van der Waals surface area contributed by atoms with Crippen LogP contribution in [-0.4, -0.2) is 0 Å². The van der Waals surface area contributed by atoms with Crippen molar-refractivity contribution < 1.29 is 17.6 Å². The summed E-state index contributed by atoms with van der Waals surface area (Å²) in [5, 5.41) is 0. The zero-order chi connectivity index (χ0) is 11.9. The fraction of sp³-hybridized carbons (Fsp3) is 0.455. The summed E-state index contributed by atoms with van der Waals surface area (Å²) in [4.78, 5) is 0. The molecule has 1 nitrogen and oxygen atoms in total. The molecule has 0 aromatic heterocycles. The Morgan fingerprint density at radius 2 is 1.82 bits per heavy atom. The number of benzene rings is 1. The summed E-state index contributed by atoms with van der Waals surface area (Å²) in [7, 11) is 0. The van der Waals surface area contributed by atoms with Gasteiger partial charge in [0.25, 0.3) is 0 Å². The normalized spacial score (nSPS) is 17.5. The lowest BCUT2D eigenvalue weighted by atomic mass is 10.00. The molecule has 0 unspecified atom stereocenters. The highest BCUT2D eigenvalue weighted by molar-refractivity contribution is 5.85.